The lowest BCUT2D eigenvalue weighted by Crippen LogP contribution is -2.45. The Morgan fingerprint density at radius 1 is 1.03 bits per heavy atom. The number of Topliss-reactive ketones (excluding diaryl/α,β-unsaturated/α-hetero) is 1. The molecule has 0 amide bonds. The molecule has 0 spiro atoms. The number of nitrogens with zero attached hydrogens (tertiary/aromatic N) is 3. The zero-order chi connectivity index (χ0) is 26.6. The molecule has 0 bridgehead atoms. The molecule has 8 heteroatoms. The fraction of sp³-hybridized carbons (Fsp3) is 0.333. The number of hydrogen-bond donors (Lipinski definition) is 0. The third kappa shape index (κ3) is 5.20. The fourth-order valence-corrected chi connectivity index (χ4v) is 5.44. The van der Waals surface area contributed by atoms with Crippen molar-refractivity contribution < 1.29 is 18.7 Å². The van der Waals surface area contributed by atoms with Gasteiger partial charge in [-0.05, 0) is 49.2 Å². The van der Waals surface area contributed by atoms with E-state index in [-0.39, 0.29) is 24.2 Å². The van der Waals surface area contributed by atoms with E-state index in [1.165, 1.54) is 12.5 Å². The van der Waals surface area contributed by atoms with Gasteiger partial charge in [0, 0.05) is 29.1 Å². The second-order valence-electron chi connectivity index (χ2n) is 9.63. The number of rotatable bonds is 8. The Balaban J connectivity index is 1.63. The lowest BCUT2D eigenvalue weighted by molar-refractivity contribution is -0.111. The Bertz CT molecular complexity index is 1320. The first-order valence-corrected chi connectivity index (χ1v) is 13.3. The molecule has 1 aliphatic heterocycles. The summed E-state index contributed by atoms with van der Waals surface area (Å²) in [5.74, 6) is 0.991. The summed E-state index contributed by atoms with van der Waals surface area (Å²) in [6, 6.07) is 19.8. The quantitative estimate of drug-likeness (QED) is 0.307. The highest BCUT2D eigenvalue weighted by atomic mass is 35.5. The number of ketones is 1. The smallest absolute Gasteiger partial charge is 0.196 e. The minimum atomic E-state index is -0.469. The van der Waals surface area contributed by atoms with E-state index in [9.17, 15) is 9.18 Å². The van der Waals surface area contributed by atoms with E-state index in [4.69, 9.17) is 26.2 Å². The number of carbonyl (C=O) groups excluding carboxylic acids is 1. The highest BCUT2D eigenvalue weighted by Crippen LogP contribution is 2.46. The van der Waals surface area contributed by atoms with Crippen molar-refractivity contribution in [3.63, 3.8) is 0 Å². The summed E-state index contributed by atoms with van der Waals surface area (Å²) in [5, 5.41) is 7.32. The first-order chi connectivity index (χ1) is 18.5. The summed E-state index contributed by atoms with van der Waals surface area (Å²) in [6.45, 7) is 1.58. The molecule has 2 aliphatic rings. The molecule has 0 radical (unpaired) electrons. The van der Waals surface area contributed by atoms with Crippen LogP contribution in [0.1, 0.15) is 56.3 Å². The monoisotopic (exact) mass is 535 g/mol. The molecule has 3 aromatic rings. The van der Waals surface area contributed by atoms with Gasteiger partial charge in [-0.25, -0.2) is 9.40 Å². The first-order valence-electron chi connectivity index (χ1n) is 12.9. The van der Waals surface area contributed by atoms with Gasteiger partial charge in [-0.2, -0.15) is 0 Å². The highest BCUT2D eigenvalue weighted by molar-refractivity contribution is 6.38. The average molecular weight is 536 g/mol. The van der Waals surface area contributed by atoms with Gasteiger partial charge in [-0.15, -0.1) is 5.10 Å². The average Bonchev–Trinajstić information content (AvgIpc) is 3.34. The summed E-state index contributed by atoms with van der Waals surface area (Å²) < 4.78 is 26.4. The van der Waals surface area contributed by atoms with Gasteiger partial charge < -0.3 is 14.4 Å². The van der Waals surface area contributed by atoms with Gasteiger partial charge in [-0.1, -0.05) is 61.2 Å². The van der Waals surface area contributed by atoms with Crippen LogP contribution in [-0.4, -0.2) is 29.7 Å². The molecule has 3 aromatic carbocycles. The maximum absolute atomic E-state index is 14.4. The number of amidine groups is 1. The SMILES string of the molecule is COc1cccc([C@@H]2N(c3ccc(Cl)cc3)N=C(C(C)=O)N2C2CCCCC2)c1OCc1ccccc1F. The van der Waals surface area contributed by atoms with Crippen LogP contribution < -0.4 is 14.5 Å². The fourth-order valence-electron chi connectivity index (χ4n) is 5.32. The largest absolute Gasteiger partial charge is 0.493 e. The Morgan fingerprint density at radius 3 is 2.45 bits per heavy atom. The Labute approximate surface area is 227 Å². The normalized spacial score (nSPS) is 17.9. The van der Waals surface area contributed by atoms with E-state index in [0.717, 1.165) is 36.9 Å². The number of hydrazone groups is 1. The molecular formula is C30H31ClFN3O3. The van der Waals surface area contributed by atoms with E-state index < -0.39 is 6.17 Å². The summed E-state index contributed by atoms with van der Waals surface area (Å²) >= 11 is 6.19. The Hall–Kier alpha value is -3.58. The number of hydrogen-bond acceptors (Lipinski definition) is 6. The van der Waals surface area contributed by atoms with Crippen LogP contribution in [0.5, 0.6) is 11.5 Å². The summed E-state index contributed by atoms with van der Waals surface area (Å²) in [5.41, 5.74) is 2.01. The second-order valence-corrected chi connectivity index (χ2v) is 10.1. The summed E-state index contributed by atoms with van der Waals surface area (Å²) in [6.07, 6.45) is 4.82. The van der Waals surface area contributed by atoms with Crippen LogP contribution in [0.4, 0.5) is 10.1 Å². The van der Waals surface area contributed by atoms with Crippen LogP contribution in [0.3, 0.4) is 0 Å². The Morgan fingerprint density at radius 2 is 1.76 bits per heavy atom. The molecule has 0 N–H and O–H groups in total. The molecule has 1 heterocycles. The third-order valence-corrected chi connectivity index (χ3v) is 7.41. The minimum absolute atomic E-state index is 0.0254. The molecular weight excluding hydrogens is 505 g/mol. The number of benzene rings is 3. The number of halogens is 2. The molecule has 38 heavy (non-hydrogen) atoms. The van der Waals surface area contributed by atoms with Crippen LogP contribution in [0.15, 0.2) is 71.8 Å². The van der Waals surface area contributed by atoms with E-state index in [1.54, 1.807) is 44.4 Å². The van der Waals surface area contributed by atoms with Crippen LogP contribution in [0, 0.1) is 5.82 Å². The Kier molecular flexibility index (Phi) is 7.84. The van der Waals surface area contributed by atoms with Gasteiger partial charge in [0.1, 0.15) is 12.4 Å². The van der Waals surface area contributed by atoms with Crippen LogP contribution >= 0.6 is 11.6 Å². The molecule has 1 atom stereocenters. The maximum atomic E-state index is 14.4. The molecule has 198 valence electrons. The van der Waals surface area contributed by atoms with Crippen molar-refractivity contribution in [2.75, 3.05) is 12.1 Å². The second kappa shape index (κ2) is 11.4. The van der Waals surface area contributed by atoms with Crippen molar-refractivity contribution in [1.29, 1.82) is 0 Å². The van der Waals surface area contributed by atoms with Crippen molar-refractivity contribution in [1.82, 2.24) is 4.90 Å². The third-order valence-electron chi connectivity index (χ3n) is 7.15. The highest BCUT2D eigenvalue weighted by Gasteiger charge is 2.43. The lowest BCUT2D eigenvalue weighted by atomic mass is 9.92. The lowest BCUT2D eigenvalue weighted by Gasteiger charge is -2.39. The predicted octanol–water partition coefficient (Wildman–Crippen LogP) is 7.12. The number of carbonyl (C=O) groups is 1. The topological polar surface area (TPSA) is 54.4 Å². The van der Waals surface area contributed by atoms with Gasteiger partial charge in [0.2, 0.25) is 0 Å². The van der Waals surface area contributed by atoms with Gasteiger partial charge in [-0.3, -0.25) is 4.79 Å². The molecule has 0 saturated heterocycles. The summed E-state index contributed by atoms with van der Waals surface area (Å²) in [7, 11) is 1.58. The zero-order valence-electron chi connectivity index (χ0n) is 21.6. The zero-order valence-corrected chi connectivity index (χ0v) is 22.3. The van der Waals surface area contributed by atoms with E-state index >= 15 is 0 Å². The van der Waals surface area contributed by atoms with Crippen molar-refractivity contribution in [2.24, 2.45) is 5.10 Å². The molecule has 6 nitrogen and oxygen atoms in total. The predicted molar refractivity (Wildman–Crippen MR) is 147 cm³/mol. The van der Waals surface area contributed by atoms with E-state index in [1.807, 2.05) is 35.3 Å². The van der Waals surface area contributed by atoms with Gasteiger partial charge in [0.15, 0.2) is 29.3 Å². The van der Waals surface area contributed by atoms with Crippen LogP contribution in [0.2, 0.25) is 5.02 Å². The van der Waals surface area contributed by atoms with Crippen LogP contribution in [0.25, 0.3) is 0 Å². The van der Waals surface area contributed by atoms with E-state index in [0.29, 0.717) is 27.9 Å². The first kappa shape index (κ1) is 26.0. The maximum Gasteiger partial charge on any atom is 0.196 e. The molecule has 0 unspecified atom stereocenters. The van der Waals surface area contributed by atoms with Crippen LogP contribution in [-0.2, 0) is 11.4 Å². The molecule has 1 fully saturated rings. The van der Waals surface area contributed by atoms with E-state index in [2.05, 4.69) is 4.90 Å². The molecule has 1 aliphatic carbocycles. The number of methoxy groups -OCH3 is 1. The minimum Gasteiger partial charge on any atom is -0.493 e. The standard InChI is InChI=1S/C30H31ClFN3O3/c1-20(36)29-33-35(24-17-15-22(31)16-18-24)30(34(29)23-10-4-3-5-11-23)25-12-8-14-27(37-2)28(25)38-19-21-9-6-7-13-26(21)32/h6-9,12-18,23,30H,3-5,10-11,19H2,1-2H3/t30-/m0/s1. The van der Waals surface area contributed by atoms with Crippen molar-refractivity contribution >= 4 is 28.9 Å². The number of anilines is 1. The summed E-state index contributed by atoms with van der Waals surface area (Å²) in [4.78, 5) is 15.1. The molecule has 5 rings (SSSR count). The molecule has 0 aromatic heterocycles. The van der Waals surface area contributed by atoms with Crippen molar-refractivity contribution in [3.8, 4) is 11.5 Å². The van der Waals surface area contributed by atoms with Crippen molar-refractivity contribution in [3.05, 3.63) is 88.7 Å². The van der Waals surface area contributed by atoms with Gasteiger partial charge in [0.05, 0.1) is 12.8 Å². The van der Waals surface area contributed by atoms with Gasteiger partial charge >= 0.3 is 0 Å². The number of ether oxygens (including phenoxy) is 2. The van der Waals surface area contributed by atoms with Gasteiger partial charge in [0.25, 0.3) is 0 Å². The number of para-hydroxylation sites is 1. The molecule has 1 saturated carbocycles. The van der Waals surface area contributed by atoms with Crippen molar-refractivity contribution in [2.45, 2.75) is 57.8 Å².